The van der Waals surface area contributed by atoms with Crippen molar-refractivity contribution in [2.45, 2.75) is 32.8 Å². The van der Waals surface area contributed by atoms with Crippen molar-refractivity contribution in [2.24, 2.45) is 0 Å². The predicted molar refractivity (Wildman–Crippen MR) is 141 cm³/mol. The zero-order valence-corrected chi connectivity index (χ0v) is 21.1. The van der Waals surface area contributed by atoms with E-state index in [1.165, 1.54) is 9.80 Å². The Morgan fingerprint density at radius 1 is 1.11 bits per heavy atom. The van der Waals surface area contributed by atoms with E-state index < -0.39 is 0 Å². The Balaban J connectivity index is 1.40. The van der Waals surface area contributed by atoms with Crippen LogP contribution in [0.2, 0.25) is 0 Å². The third kappa shape index (κ3) is 4.51. The number of benzene rings is 2. The lowest BCUT2D eigenvalue weighted by Gasteiger charge is -2.18. The first-order chi connectivity index (χ1) is 16.8. The summed E-state index contributed by atoms with van der Waals surface area (Å²) in [4.78, 5) is 43.0. The summed E-state index contributed by atoms with van der Waals surface area (Å²) >= 11 is 6.62. The van der Waals surface area contributed by atoms with Crippen LogP contribution in [-0.2, 0) is 19.1 Å². The van der Waals surface area contributed by atoms with Gasteiger partial charge in [-0.05, 0) is 56.0 Å². The van der Waals surface area contributed by atoms with Crippen LogP contribution in [0, 0.1) is 13.8 Å². The zero-order chi connectivity index (χ0) is 24.7. The molecule has 0 spiro atoms. The highest BCUT2D eigenvalue weighted by Gasteiger charge is 2.43. The summed E-state index contributed by atoms with van der Waals surface area (Å²) in [5, 5.41) is 2.87. The number of carbonyl (C=O) groups is 3. The van der Waals surface area contributed by atoms with Crippen molar-refractivity contribution in [2.75, 3.05) is 29.9 Å². The molecule has 3 aliphatic rings. The van der Waals surface area contributed by atoms with E-state index in [4.69, 9.17) is 17.0 Å². The van der Waals surface area contributed by atoms with Crippen molar-refractivity contribution in [3.05, 3.63) is 64.1 Å². The Labute approximate surface area is 213 Å². The van der Waals surface area contributed by atoms with E-state index in [9.17, 15) is 14.4 Å². The van der Waals surface area contributed by atoms with Gasteiger partial charge in [0.1, 0.15) is 10.9 Å². The summed E-state index contributed by atoms with van der Waals surface area (Å²) in [6, 6.07) is 12.9. The zero-order valence-electron chi connectivity index (χ0n) is 19.5. The Hall–Kier alpha value is -3.01. The average molecular weight is 508 g/mol. The number of hydrogen-bond donors (Lipinski definition) is 1. The van der Waals surface area contributed by atoms with Crippen LogP contribution in [0.25, 0.3) is 5.57 Å². The maximum absolute atomic E-state index is 13.6. The quantitative estimate of drug-likeness (QED) is 0.486. The van der Waals surface area contributed by atoms with E-state index >= 15 is 0 Å². The van der Waals surface area contributed by atoms with Crippen LogP contribution in [0.15, 0.2) is 47.4 Å². The van der Waals surface area contributed by atoms with Gasteiger partial charge >= 0.3 is 0 Å². The van der Waals surface area contributed by atoms with Gasteiger partial charge in [-0.15, -0.1) is 0 Å². The van der Waals surface area contributed by atoms with Crippen LogP contribution in [0.3, 0.4) is 0 Å². The number of thioether (sulfide) groups is 1. The first kappa shape index (κ1) is 23.7. The van der Waals surface area contributed by atoms with Gasteiger partial charge < -0.3 is 10.1 Å². The van der Waals surface area contributed by atoms with Crippen LogP contribution in [0.1, 0.15) is 29.5 Å². The minimum absolute atomic E-state index is 0.0426. The standard InChI is InChI=1S/C26H25N3O4S2/c1-15-9-10-17(12-16(15)2)27-21(30)14-28-20-8-4-3-7-19(20)22(24(28)31)23-25(32)29(26(34)35-23)13-18-6-5-11-33-18/h3-4,7-10,12,18H,5-6,11,13-14H2,1-2H3,(H,27,30)/b23-22-/t18-/m1/s1. The van der Waals surface area contributed by atoms with Crippen molar-refractivity contribution < 1.29 is 19.1 Å². The fraction of sp³-hybridized carbons (Fsp3) is 0.308. The predicted octanol–water partition coefficient (Wildman–Crippen LogP) is 4.04. The van der Waals surface area contributed by atoms with Gasteiger partial charge in [0.15, 0.2) is 0 Å². The van der Waals surface area contributed by atoms with Crippen LogP contribution in [0.5, 0.6) is 0 Å². The lowest BCUT2D eigenvalue weighted by molar-refractivity contribution is -0.123. The topological polar surface area (TPSA) is 79.0 Å². The molecule has 2 aromatic carbocycles. The van der Waals surface area contributed by atoms with E-state index in [0.717, 1.165) is 35.7 Å². The second-order valence-corrected chi connectivity index (χ2v) is 10.5. The average Bonchev–Trinajstić information content (AvgIpc) is 3.51. The molecule has 3 amide bonds. The summed E-state index contributed by atoms with van der Waals surface area (Å²) in [6.07, 6.45) is 1.80. The minimum Gasteiger partial charge on any atom is -0.376 e. The van der Waals surface area contributed by atoms with Crippen molar-refractivity contribution in [1.82, 2.24) is 4.90 Å². The summed E-state index contributed by atoms with van der Waals surface area (Å²) in [5.74, 6) is -0.974. The molecule has 0 bridgehead atoms. The molecule has 2 aromatic rings. The van der Waals surface area contributed by atoms with Gasteiger partial charge in [0.2, 0.25) is 5.91 Å². The number of para-hydroxylation sites is 1. The summed E-state index contributed by atoms with van der Waals surface area (Å²) < 4.78 is 6.10. The molecule has 2 fully saturated rings. The second-order valence-electron chi connectivity index (χ2n) is 8.88. The van der Waals surface area contributed by atoms with Gasteiger partial charge in [-0.1, -0.05) is 48.2 Å². The molecular weight excluding hydrogens is 482 g/mol. The first-order valence-corrected chi connectivity index (χ1v) is 12.7. The highest BCUT2D eigenvalue weighted by Crippen LogP contribution is 2.44. The van der Waals surface area contributed by atoms with E-state index in [1.807, 2.05) is 44.2 Å². The maximum Gasteiger partial charge on any atom is 0.267 e. The van der Waals surface area contributed by atoms with Gasteiger partial charge in [-0.2, -0.15) is 0 Å². The molecule has 180 valence electrons. The molecule has 0 saturated carbocycles. The van der Waals surface area contributed by atoms with E-state index in [0.29, 0.717) is 44.9 Å². The van der Waals surface area contributed by atoms with Crippen LogP contribution < -0.4 is 10.2 Å². The van der Waals surface area contributed by atoms with Crippen molar-refractivity contribution >= 4 is 63.0 Å². The van der Waals surface area contributed by atoms with Crippen LogP contribution >= 0.6 is 24.0 Å². The van der Waals surface area contributed by atoms with Gasteiger partial charge in [-0.3, -0.25) is 24.2 Å². The van der Waals surface area contributed by atoms with Crippen molar-refractivity contribution in [3.63, 3.8) is 0 Å². The summed E-state index contributed by atoms with van der Waals surface area (Å²) in [7, 11) is 0. The van der Waals surface area contributed by atoms with Crippen molar-refractivity contribution in [1.29, 1.82) is 0 Å². The van der Waals surface area contributed by atoms with Gasteiger partial charge in [0.25, 0.3) is 11.8 Å². The fourth-order valence-electron chi connectivity index (χ4n) is 4.52. The molecule has 0 unspecified atom stereocenters. The largest absolute Gasteiger partial charge is 0.376 e. The van der Waals surface area contributed by atoms with Gasteiger partial charge in [0.05, 0.1) is 28.8 Å². The molecule has 2 saturated heterocycles. The number of hydrogen-bond acceptors (Lipinski definition) is 6. The van der Waals surface area contributed by atoms with Gasteiger partial charge in [0, 0.05) is 17.9 Å². The Bertz CT molecular complexity index is 1280. The SMILES string of the molecule is Cc1ccc(NC(=O)CN2C(=O)/C(=C3\SC(=S)N(C[C@H]4CCCO4)C3=O)c3ccccc32)cc1C. The molecule has 3 heterocycles. The summed E-state index contributed by atoms with van der Waals surface area (Å²) in [6.45, 7) is 4.89. The number of thiocarbonyl (C=S) groups is 1. The molecule has 1 N–H and O–H groups in total. The third-order valence-electron chi connectivity index (χ3n) is 6.50. The molecular formula is C26H25N3O4S2. The number of carbonyl (C=O) groups excluding carboxylic acids is 3. The second kappa shape index (κ2) is 9.56. The van der Waals surface area contributed by atoms with Crippen molar-refractivity contribution in [3.8, 4) is 0 Å². The van der Waals surface area contributed by atoms with Crippen LogP contribution in [-0.4, -0.2) is 52.7 Å². The Morgan fingerprint density at radius 3 is 2.66 bits per heavy atom. The smallest absolute Gasteiger partial charge is 0.267 e. The monoisotopic (exact) mass is 507 g/mol. The fourth-order valence-corrected chi connectivity index (χ4v) is 5.87. The molecule has 0 aromatic heterocycles. The van der Waals surface area contributed by atoms with Gasteiger partial charge in [-0.25, -0.2) is 0 Å². The van der Waals surface area contributed by atoms with Crippen LogP contribution in [0.4, 0.5) is 11.4 Å². The number of nitrogens with zero attached hydrogens (tertiary/aromatic N) is 2. The molecule has 9 heteroatoms. The number of nitrogens with one attached hydrogen (secondary N) is 1. The minimum atomic E-state index is -0.376. The number of fused-ring (bicyclic) bond motifs is 1. The normalized spacial score (nSPS) is 21.8. The van der Waals surface area contributed by atoms with E-state index in [-0.39, 0.29) is 30.4 Å². The highest BCUT2D eigenvalue weighted by atomic mass is 32.2. The summed E-state index contributed by atoms with van der Waals surface area (Å²) in [5.41, 5.74) is 4.41. The highest BCUT2D eigenvalue weighted by molar-refractivity contribution is 8.26. The lowest BCUT2D eigenvalue weighted by atomic mass is 10.1. The molecule has 0 aliphatic carbocycles. The number of ether oxygens (including phenoxy) is 1. The molecule has 35 heavy (non-hydrogen) atoms. The lowest BCUT2D eigenvalue weighted by Crippen LogP contribution is -2.36. The maximum atomic E-state index is 13.6. The van der Waals surface area contributed by atoms with E-state index in [1.54, 1.807) is 12.1 Å². The molecule has 5 rings (SSSR count). The Morgan fingerprint density at radius 2 is 1.91 bits per heavy atom. The number of aryl methyl sites for hydroxylation is 2. The molecule has 1 atom stereocenters. The molecule has 3 aliphatic heterocycles. The van der Waals surface area contributed by atoms with E-state index in [2.05, 4.69) is 5.32 Å². The number of anilines is 2. The Kier molecular flexibility index (Phi) is 6.48. The third-order valence-corrected chi connectivity index (χ3v) is 7.95. The molecule has 0 radical (unpaired) electrons. The number of rotatable bonds is 5. The number of amides is 3. The first-order valence-electron chi connectivity index (χ1n) is 11.5. The molecule has 7 nitrogen and oxygen atoms in total.